The standard InChI is InChI=1S/C23H22N6OS/c1-13-10-25-19(14(2)22(13)30-3)11-29-26-18-9-16(15-7-5-4-6-8-15)17-12-31-28-23(24)21(27-29)20(17)18/h4-10H,11-12H2,1-3H3,(H2,24,28). The number of hydrogen-bond donors (Lipinski definition) is 1. The molecule has 2 aromatic rings. The molecule has 0 radical (unpaired) electrons. The highest BCUT2D eigenvalue weighted by molar-refractivity contribution is 7.97. The lowest BCUT2D eigenvalue weighted by molar-refractivity contribution is 0.406. The van der Waals surface area contributed by atoms with E-state index in [1.54, 1.807) is 11.9 Å². The van der Waals surface area contributed by atoms with Crippen LogP contribution in [0.1, 0.15) is 28.1 Å². The monoisotopic (exact) mass is 430 g/mol. The summed E-state index contributed by atoms with van der Waals surface area (Å²) in [6.07, 6.45) is 1.82. The second-order valence-corrected chi connectivity index (χ2v) is 8.27. The summed E-state index contributed by atoms with van der Waals surface area (Å²) in [5.74, 6) is 1.98. The van der Waals surface area contributed by atoms with Gasteiger partial charge in [-0.05, 0) is 48.6 Å². The van der Waals surface area contributed by atoms with Crippen LogP contribution in [0.25, 0.3) is 22.4 Å². The molecule has 0 bridgehead atoms. The Kier molecular flexibility index (Phi) is 4.86. The molecule has 1 aromatic carbocycles. The van der Waals surface area contributed by atoms with E-state index in [4.69, 9.17) is 20.7 Å². The van der Waals surface area contributed by atoms with Gasteiger partial charge < -0.3 is 10.5 Å². The molecular formula is C23H22N6OS. The molecule has 0 spiro atoms. The third kappa shape index (κ3) is 3.33. The van der Waals surface area contributed by atoms with Crippen LogP contribution in [0.2, 0.25) is 0 Å². The molecule has 2 N–H and O–H groups in total. The first-order valence-electron chi connectivity index (χ1n) is 9.97. The average Bonchev–Trinajstić information content (AvgIpc) is 3.05. The van der Waals surface area contributed by atoms with Crippen molar-refractivity contribution < 1.29 is 4.74 Å². The first-order valence-corrected chi connectivity index (χ1v) is 10.9. The van der Waals surface area contributed by atoms with Crippen molar-refractivity contribution in [2.75, 3.05) is 7.11 Å². The van der Waals surface area contributed by atoms with Crippen molar-refractivity contribution in [1.82, 2.24) is 20.0 Å². The molecule has 3 aliphatic rings. The molecule has 0 atom stereocenters. The minimum atomic E-state index is 0.410. The molecule has 31 heavy (non-hydrogen) atoms. The van der Waals surface area contributed by atoms with E-state index in [0.717, 1.165) is 50.7 Å². The lowest BCUT2D eigenvalue weighted by atomic mass is 10.0. The fourth-order valence-corrected chi connectivity index (χ4v) is 4.81. The number of pyridine rings is 1. The van der Waals surface area contributed by atoms with Gasteiger partial charge in [0.05, 0.1) is 18.5 Å². The molecule has 1 aliphatic carbocycles. The number of aryl methyl sites for hydroxylation is 1. The molecule has 156 valence electrons. The number of hydrogen-bond acceptors (Lipinski definition) is 7. The zero-order valence-corrected chi connectivity index (χ0v) is 18.4. The van der Waals surface area contributed by atoms with Crippen LogP contribution < -0.4 is 10.5 Å². The third-order valence-corrected chi connectivity index (χ3v) is 6.32. The van der Waals surface area contributed by atoms with Gasteiger partial charge >= 0.3 is 0 Å². The van der Waals surface area contributed by atoms with E-state index in [1.807, 2.05) is 38.2 Å². The first kappa shape index (κ1) is 19.6. The Morgan fingerprint density at radius 3 is 2.74 bits per heavy atom. The Morgan fingerprint density at radius 2 is 1.97 bits per heavy atom. The number of benzene rings is 1. The van der Waals surface area contributed by atoms with E-state index in [9.17, 15) is 0 Å². The van der Waals surface area contributed by atoms with Gasteiger partial charge in [0.2, 0.25) is 0 Å². The molecule has 8 heteroatoms. The molecule has 2 aliphatic heterocycles. The molecule has 0 saturated heterocycles. The number of nitrogens with two attached hydrogens (primary N) is 1. The number of rotatable bonds is 4. The molecule has 1 aromatic heterocycles. The molecule has 0 amide bonds. The number of ether oxygens (including phenoxy) is 1. The Labute approximate surface area is 184 Å². The molecule has 0 saturated carbocycles. The van der Waals surface area contributed by atoms with Crippen molar-refractivity contribution >= 4 is 17.8 Å². The smallest absolute Gasteiger partial charge is 0.160 e. The fourth-order valence-electron chi connectivity index (χ4n) is 4.09. The molecule has 0 fully saturated rings. The highest BCUT2D eigenvalue weighted by Crippen LogP contribution is 2.42. The zero-order valence-electron chi connectivity index (χ0n) is 17.6. The second kappa shape index (κ2) is 7.70. The second-order valence-electron chi connectivity index (χ2n) is 7.54. The van der Waals surface area contributed by atoms with Crippen LogP contribution in [0.5, 0.6) is 5.75 Å². The highest BCUT2D eigenvalue weighted by Gasteiger charge is 2.27. The van der Waals surface area contributed by atoms with Crippen molar-refractivity contribution in [2.45, 2.75) is 26.1 Å². The Hall–Kier alpha value is -3.39. The van der Waals surface area contributed by atoms with Crippen LogP contribution in [0.3, 0.4) is 0 Å². The van der Waals surface area contributed by atoms with E-state index in [2.05, 4.69) is 27.6 Å². The van der Waals surface area contributed by atoms with Gasteiger partial charge in [-0.2, -0.15) is 19.4 Å². The SMILES string of the molecule is COc1c(C)cnc(Cn2nc3cc(-c4ccccc4)c4c-3c(n2)C(N)=NSC4)c1C. The number of amidine groups is 1. The van der Waals surface area contributed by atoms with Crippen molar-refractivity contribution in [3.05, 3.63) is 70.7 Å². The summed E-state index contributed by atoms with van der Waals surface area (Å²) in [5.41, 5.74) is 15.1. The van der Waals surface area contributed by atoms with Crippen LogP contribution in [-0.2, 0) is 12.3 Å². The predicted octanol–water partition coefficient (Wildman–Crippen LogP) is 3.99. The molecule has 3 heterocycles. The maximum atomic E-state index is 6.30. The molecule has 7 nitrogen and oxygen atoms in total. The zero-order chi connectivity index (χ0) is 21.5. The Morgan fingerprint density at radius 1 is 1.16 bits per heavy atom. The van der Waals surface area contributed by atoms with Crippen molar-refractivity contribution in [3.63, 3.8) is 0 Å². The number of aromatic nitrogens is 4. The topological polar surface area (TPSA) is 91.2 Å². The van der Waals surface area contributed by atoms with Crippen molar-refractivity contribution in [2.24, 2.45) is 10.1 Å². The van der Waals surface area contributed by atoms with Crippen molar-refractivity contribution in [1.29, 1.82) is 0 Å². The van der Waals surface area contributed by atoms with E-state index in [1.165, 1.54) is 17.5 Å². The first-order chi connectivity index (χ1) is 15.1. The van der Waals surface area contributed by atoms with Crippen LogP contribution in [0, 0.1) is 13.8 Å². The Balaban J connectivity index is 1.67. The Bertz CT molecular complexity index is 1280. The number of nitrogens with zero attached hydrogens (tertiary/aromatic N) is 5. The summed E-state index contributed by atoms with van der Waals surface area (Å²) in [7, 11) is 1.67. The van der Waals surface area contributed by atoms with E-state index in [-0.39, 0.29) is 0 Å². The van der Waals surface area contributed by atoms with E-state index >= 15 is 0 Å². The maximum Gasteiger partial charge on any atom is 0.160 e. The highest BCUT2D eigenvalue weighted by atomic mass is 32.2. The summed E-state index contributed by atoms with van der Waals surface area (Å²) < 4.78 is 10.00. The normalized spacial score (nSPS) is 13.2. The summed E-state index contributed by atoms with van der Waals surface area (Å²) >= 11 is 1.44. The van der Waals surface area contributed by atoms with E-state index < -0.39 is 0 Å². The van der Waals surface area contributed by atoms with Gasteiger partial charge in [-0.15, -0.1) is 0 Å². The van der Waals surface area contributed by atoms with Gasteiger partial charge in [0, 0.05) is 28.6 Å². The summed E-state index contributed by atoms with van der Waals surface area (Å²) in [4.78, 5) is 6.24. The van der Waals surface area contributed by atoms with Crippen LogP contribution in [0.15, 0.2) is 47.0 Å². The van der Waals surface area contributed by atoms with Crippen LogP contribution >= 0.6 is 11.9 Å². The van der Waals surface area contributed by atoms with Gasteiger partial charge in [-0.3, -0.25) is 4.98 Å². The number of methoxy groups -OCH3 is 1. The molecule has 5 rings (SSSR count). The van der Waals surface area contributed by atoms with Gasteiger partial charge in [-0.25, -0.2) is 0 Å². The average molecular weight is 431 g/mol. The van der Waals surface area contributed by atoms with Gasteiger partial charge in [0.1, 0.15) is 18.0 Å². The molecule has 0 unspecified atom stereocenters. The van der Waals surface area contributed by atoms with Gasteiger partial charge in [-0.1, -0.05) is 30.3 Å². The lowest BCUT2D eigenvalue weighted by Gasteiger charge is -2.14. The third-order valence-electron chi connectivity index (χ3n) is 5.58. The molecular weight excluding hydrogens is 408 g/mol. The van der Waals surface area contributed by atoms with Gasteiger partial charge in [0.25, 0.3) is 0 Å². The summed E-state index contributed by atoms with van der Waals surface area (Å²) in [5, 5.41) is 9.57. The van der Waals surface area contributed by atoms with Crippen LogP contribution in [0.4, 0.5) is 0 Å². The maximum absolute atomic E-state index is 6.30. The van der Waals surface area contributed by atoms with Gasteiger partial charge in [0.15, 0.2) is 5.84 Å². The quantitative estimate of drug-likeness (QED) is 0.492. The van der Waals surface area contributed by atoms with E-state index in [0.29, 0.717) is 18.1 Å². The summed E-state index contributed by atoms with van der Waals surface area (Å²) in [6.45, 7) is 4.40. The largest absolute Gasteiger partial charge is 0.496 e. The van der Waals surface area contributed by atoms with Crippen LogP contribution in [-0.4, -0.2) is 32.9 Å². The minimum absolute atomic E-state index is 0.410. The lowest BCUT2D eigenvalue weighted by Crippen LogP contribution is -2.22. The predicted molar refractivity (Wildman–Crippen MR) is 123 cm³/mol. The summed E-state index contributed by atoms with van der Waals surface area (Å²) in [6, 6.07) is 12.4. The fraction of sp³-hybridized carbons (Fsp3) is 0.217. The minimum Gasteiger partial charge on any atom is -0.496 e. The van der Waals surface area contributed by atoms with Crippen molar-refractivity contribution in [3.8, 4) is 28.1 Å².